The van der Waals surface area contributed by atoms with Crippen LogP contribution >= 0.6 is 0 Å². The molecular formula is C15H10FN3O. The first-order valence-electron chi connectivity index (χ1n) is 5.85. The lowest BCUT2D eigenvalue weighted by Gasteiger charge is -2.10. The number of halogens is 1. The number of benzene rings is 1. The number of aryl methyl sites for hydroxylation is 1. The standard InChI is InChI=1S/C15H10FN3O/c1-10-2-3-13(8-18)15(20)19(10)9-12-4-11(7-17)5-14(16)6-12/h2-6H,9H2,1H3. The topological polar surface area (TPSA) is 69.6 Å². The fourth-order valence-corrected chi connectivity index (χ4v) is 1.94. The van der Waals surface area contributed by atoms with Crippen molar-refractivity contribution in [2.45, 2.75) is 13.5 Å². The Morgan fingerprint density at radius 3 is 2.60 bits per heavy atom. The Bertz CT molecular complexity index is 809. The molecule has 0 amide bonds. The maximum atomic E-state index is 13.4. The highest BCUT2D eigenvalue weighted by atomic mass is 19.1. The van der Waals surface area contributed by atoms with Crippen molar-refractivity contribution in [3.05, 3.63) is 68.9 Å². The predicted molar refractivity (Wildman–Crippen MR) is 70.4 cm³/mol. The third kappa shape index (κ3) is 2.57. The Labute approximate surface area is 114 Å². The summed E-state index contributed by atoms with van der Waals surface area (Å²) < 4.78 is 14.8. The van der Waals surface area contributed by atoms with Crippen LogP contribution in [-0.2, 0) is 6.54 Å². The van der Waals surface area contributed by atoms with E-state index in [1.54, 1.807) is 13.0 Å². The molecule has 0 saturated heterocycles. The van der Waals surface area contributed by atoms with E-state index in [0.29, 0.717) is 11.3 Å². The van der Waals surface area contributed by atoms with Gasteiger partial charge in [-0.1, -0.05) is 0 Å². The number of pyridine rings is 1. The van der Waals surface area contributed by atoms with Gasteiger partial charge in [0.05, 0.1) is 18.2 Å². The second-order valence-electron chi connectivity index (χ2n) is 4.35. The molecule has 0 atom stereocenters. The van der Waals surface area contributed by atoms with Gasteiger partial charge >= 0.3 is 0 Å². The largest absolute Gasteiger partial charge is 0.307 e. The van der Waals surface area contributed by atoms with Gasteiger partial charge in [-0.05, 0) is 42.8 Å². The van der Waals surface area contributed by atoms with E-state index in [0.717, 1.165) is 6.07 Å². The molecule has 0 spiro atoms. The fraction of sp³-hybridized carbons (Fsp3) is 0.133. The van der Waals surface area contributed by atoms with Crippen LogP contribution in [0.5, 0.6) is 0 Å². The second-order valence-corrected chi connectivity index (χ2v) is 4.35. The summed E-state index contributed by atoms with van der Waals surface area (Å²) in [4.78, 5) is 12.0. The lowest BCUT2D eigenvalue weighted by molar-refractivity contribution is 0.621. The molecular weight excluding hydrogens is 257 g/mol. The summed E-state index contributed by atoms with van der Waals surface area (Å²) in [7, 11) is 0. The van der Waals surface area contributed by atoms with Crippen LogP contribution in [-0.4, -0.2) is 4.57 Å². The number of nitrogens with zero attached hydrogens (tertiary/aromatic N) is 3. The van der Waals surface area contributed by atoms with E-state index in [1.807, 2.05) is 12.1 Å². The molecule has 0 saturated carbocycles. The smallest absolute Gasteiger partial charge is 0.268 e. The van der Waals surface area contributed by atoms with Gasteiger partial charge in [0.25, 0.3) is 5.56 Å². The highest BCUT2D eigenvalue weighted by molar-refractivity contribution is 5.34. The zero-order valence-electron chi connectivity index (χ0n) is 10.7. The molecule has 20 heavy (non-hydrogen) atoms. The quantitative estimate of drug-likeness (QED) is 0.836. The lowest BCUT2D eigenvalue weighted by Crippen LogP contribution is -2.24. The minimum Gasteiger partial charge on any atom is -0.307 e. The molecule has 4 nitrogen and oxygen atoms in total. The first-order chi connectivity index (χ1) is 9.55. The molecule has 1 aromatic carbocycles. The molecule has 5 heteroatoms. The van der Waals surface area contributed by atoms with Crippen LogP contribution in [0.1, 0.15) is 22.4 Å². The molecule has 1 heterocycles. The number of rotatable bonds is 2. The van der Waals surface area contributed by atoms with Gasteiger partial charge in [0.2, 0.25) is 0 Å². The second kappa shape index (κ2) is 5.38. The molecule has 0 unspecified atom stereocenters. The molecule has 0 aliphatic carbocycles. The van der Waals surface area contributed by atoms with Gasteiger partial charge in [0.15, 0.2) is 0 Å². The SMILES string of the molecule is Cc1ccc(C#N)c(=O)n1Cc1cc(F)cc(C#N)c1. The van der Waals surface area contributed by atoms with Crippen molar-refractivity contribution < 1.29 is 4.39 Å². The van der Waals surface area contributed by atoms with E-state index in [4.69, 9.17) is 10.5 Å². The van der Waals surface area contributed by atoms with E-state index >= 15 is 0 Å². The van der Waals surface area contributed by atoms with Gasteiger partial charge in [0.1, 0.15) is 17.4 Å². The van der Waals surface area contributed by atoms with Gasteiger partial charge in [-0.15, -0.1) is 0 Å². The number of nitriles is 2. The van der Waals surface area contributed by atoms with E-state index in [1.165, 1.54) is 22.8 Å². The van der Waals surface area contributed by atoms with Gasteiger partial charge in [0, 0.05) is 5.69 Å². The molecule has 98 valence electrons. The van der Waals surface area contributed by atoms with Crippen molar-refractivity contribution in [1.29, 1.82) is 10.5 Å². The third-order valence-corrected chi connectivity index (χ3v) is 2.94. The van der Waals surface area contributed by atoms with Crippen LogP contribution in [0, 0.1) is 35.4 Å². The van der Waals surface area contributed by atoms with Crippen molar-refractivity contribution in [1.82, 2.24) is 4.57 Å². The summed E-state index contributed by atoms with van der Waals surface area (Å²) in [6, 6.07) is 10.7. The summed E-state index contributed by atoms with van der Waals surface area (Å²) in [6.45, 7) is 1.85. The highest BCUT2D eigenvalue weighted by Crippen LogP contribution is 2.10. The molecule has 1 aromatic heterocycles. The minimum atomic E-state index is -0.527. The maximum absolute atomic E-state index is 13.4. The van der Waals surface area contributed by atoms with Gasteiger partial charge < -0.3 is 4.57 Å². The lowest BCUT2D eigenvalue weighted by atomic mass is 10.1. The fourth-order valence-electron chi connectivity index (χ4n) is 1.94. The molecule has 0 aliphatic heterocycles. The van der Waals surface area contributed by atoms with Crippen LogP contribution in [0.15, 0.2) is 35.1 Å². The van der Waals surface area contributed by atoms with E-state index in [9.17, 15) is 9.18 Å². The molecule has 0 radical (unpaired) electrons. The predicted octanol–water partition coefficient (Wildman–Crippen LogP) is 2.09. The average molecular weight is 267 g/mol. The van der Waals surface area contributed by atoms with E-state index < -0.39 is 11.4 Å². The van der Waals surface area contributed by atoms with Crippen LogP contribution in [0.4, 0.5) is 4.39 Å². The summed E-state index contributed by atoms with van der Waals surface area (Å²) in [5.41, 5.74) is 0.975. The van der Waals surface area contributed by atoms with Crippen molar-refractivity contribution in [2.75, 3.05) is 0 Å². The molecule has 0 bridgehead atoms. The molecule has 2 aromatic rings. The summed E-state index contributed by atoms with van der Waals surface area (Å²) >= 11 is 0. The average Bonchev–Trinajstić information content (AvgIpc) is 2.43. The first kappa shape index (κ1) is 13.5. The molecule has 0 fully saturated rings. The Kier molecular flexibility index (Phi) is 3.63. The number of hydrogen-bond acceptors (Lipinski definition) is 3. The normalized spacial score (nSPS) is 9.80. The molecule has 0 N–H and O–H groups in total. The maximum Gasteiger partial charge on any atom is 0.268 e. The van der Waals surface area contributed by atoms with Crippen molar-refractivity contribution >= 4 is 0 Å². The molecule has 0 aliphatic rings. The van der Waals surface area contributed by atoms with E-state index in [-0.39, 0.29) is 17.7 Å². The van der Waals surface area contributed by atoms with E-state index in [2.05, 4.69) is 0 Å². The Morgan fingerprint density at radius 1 is 1.20 bits per heavy atom. The minimum absolute atomic E-state index is 0.0347. The van der Waals surface area contributed by atoms with Crippen molar-refractivity contribution in [3.8, 4) is 12.1 Å². The van der Waals surface area contributed by atoms with Crippen LogP contribution < -0.4 is 5.56 Å². The monoisotopic (exact) mass is 267 g/mol. The Hall–Kier alpha value is -2.92. The zero-order valence-corrected chi connectivity index (χ0v) is 10.7. The van der Waals surface area contributed by atoms with Crippen molar-refractivity contribution in [2.24, 2.45) is 0 Å². The highest BCUT2D eigenvalue weighted by Gasteiger charge is 2.08. The van der Waals surface area contributed by atoms with Crippen LogP contribution in [0.25, 0.3) is 0 Å². The van der Waals surface area contributed by atoms with Crippen LogP contribution in [0.3, 0.4) is 0 Å². The molecule has 2 rings (SSSR count). The van der Waals surface area contributed by atoms with Gasteiger partial charge in [-0.25, -0.2) is 4.39 Å². The zero-order chi connectivity index (χ0) is 14.7. The first-order valence-corrected chi connectivity index (χ1v) is 5.85. The summed E-state index contributed by atoms with van der Waals surface area (Å²) in [5, 5.41) is 17.7. The van der Waals surface area contributed by atoms with Crippen molar-refractivity contribution in [3.63, 3.8) is 0 Å². The van der Waals surface area contributed by atoms with Gasteiger partial charge in [-0.3, -0.25) is 4.79 Å². The summed E-state index contributed by atoms with van der Waals surface area (Å²) in [6.07, 6.45) is 0. The third-order valence-electron chi connectivity index (χ3n) is 2.94. The number of aromatic nitrogens is 1. The summed E-state index contributed by atoms with van der Waals surface area (Å²) in [5.74, 6) is -0.527. The Morgan fingerprint density at radius 2 is 1.95 bits per heavy atom. The van der Waals surface area contributed by atoms with Crippen LogP contribution in [0.2, 0.25) is 0 Å². The van der Waals surface area contributed by atoms with Gasteiger partial charge in [-0.2, -0.15) is 10.5 Å². The number of hydrogen-bond donors (Lipinski definition) is 0. The Balaban J connectivity index is 2.51.